The summed E-state index contributed by atoms with van der Waals surface area (Å²) in [6.07, 6.45) is 0. The summed E-state index contributed by atoms with van der Waals surface area (Å²) >= 11 is 0. The molecule has 0 saturated carbocycles. The second kappa shape index (κ2) is 8.37. The van der Waals surface area contributed by atoms with Crippen molar-refractivity contribution < 1.29 is 18.1 Å². The summed E-state index contributed by atoms with van der Waals surface area (Å²) in [7, 11) is -3.44. The molecule has 0 unspecified atom stereocenters. The number of sulfone groups is 1. The summed E-state index contributed by atoms with van der Waals surface area (Å²) in [6.45, 7) is 3.13. The molecule has 0 bridgehead atoms. The number of rotatable bonds is 6. The Balaban J connectivity index is 1.83. The highest BCUT2D eigenvalue weighted by molar-refractivity contribution is 7.91. The SMILES string of the molecule is CCS(=O)(=O)c1ccc(-c2cccc(NC(=O)c3ccc(C)c([N+](=O)[O-])c3)c2)nn1. The van der Waals surface area contributed by atoms with Gasteiger partial charge in [-0.3, -0.25) is 14.9 Å². The molecule has 0 radical (unpaired) electrons. The number of carbonyl (C=O) groups is 1. The average molecular weight is 426 g/mol. The number of anilines is 1. The van der Waals surface area contributed by atoms with Crippen molar-refractivity contribution in [2.75, 3.05) is 11.1 Å². The molecule has 30 heavy (non-hydrogen) atoms. The third kappa shape index (κ3) is 4.49. The van der Waals surface area contributed by atoms with Gasteiger partial charge in [-0.25, -0.2) is 8.42 Å². The van der Waals surface area contributed by atoms with E-state index in [1.165, 1.54) is 31.2 Å². The number of hydrogen-bond donors (Lipinski definition) is 1. The number of nitrogens with one attached hydrogen (secondary N) is 1. The number of carbonyl (C=O) groups excluding carboxylic acids is 1. The molecule has 0 aliphatic carbocycles. The van der Waals surface area contributed by atoms with Crippen molar-refractivity contribution in [3.8, 4) is 11.3 Å². The molecule has 0 spiro atoms. The molecule has 154 valence electrons. The predicted octanol–water partition coefficient (Wildman–Crippen LogP) is 3.41. The zero-order chi connectivity index (χ0) is 21.9. The van der Waals surface area contributed by atoms with E-state index in [2.05, 4.69) is 15.5 Å². The van der Waals surface area contributed by atoms with Crippen molar-refractivity contribution in [2.24, 2.45) is 0 Å². The zero-order valence-corrected chi connectivity index (χ0v) is 17.0. The molecule has 0 fully saturated rings. The Morgan fingerprint density at radius 2 is 1.87 bits per heavy atom. The van der Waals surface area contributed by atoms with Crippen LogP contribution in [0, 0.1) is 17.0 Å². The van der Waals surface area contributed by atoms with Gasteiger partial charge in [0.05, 0.1) is 16.4 Å². The first kappa shape index (κ1) is 21.1. The molecule has 0 saturated heterocycles. The number of aryl methyl sites for hydroxylation is 1. The van der Waals surface area contributed by atoms with Gasteiger partial charge in [-0.15, -0.1) is 10.2 Å². The third-order valence-corrected chi connectivity index (χ3v) is 6.04. The second-order valence-electron chi connectivity index (χ2n) is 6.45. The number of hydrogen-bond acceptors (Lipinski definition) is 7. The first-order valence-corrected chi connectivity index (χ1v) is 10.6. The van der Waals surface area contributed by atoms with E-state index in [4.69, 9.17) is 0 Å². The fraction of sp³-hybridized carbons (Fsp3) is 0.150. The molecule has 3 aromatic rings. The van der Waals surface area contributed by atoms with E-state index in [-0.39, 0.29) is 22.0 Å². The highest BCUT2D eigenvalue weighted by Gasteiger charge is 2.16. The van der Waals surface area contributed by atoms with Gasteiger partial charge >= 0.3 is 0 Å². The number of nitrogens with zero attached hydrogens (tertiary/aromatic N) is 3. The van der Waals surface area contributed by atoms with Gasteiger partial charge in [0.15, 0.2) is 14.9 Å². The summed E-state index contributed by atoms with van der Waals surface area (Å²) < 4.78 is 23.7. The van der Waals surface area contributed by atoms with Gasteiger partial charge in [0.25, 0.3) is 11.6 Å². The Hall–Kier alpha value is -3.66. The maximum absolute atomic E-state index is 12.5. The topological polar surface area (TPSA) is 132 Å². The molecule has 1 heterocycles. The van der Waals surface area contributed by atoms with Crippen LogP contribution in [0.2, 0.25) is 0 Å². The van der Waals surface area contributed by atoms with Crippen molar-refractivity contribution in [1.29, 1.82) is 0 Å². The Kier molecular flexibility index (Phi) is 5.88. The molecule has 1 N–H and O–H groups in total. The van der Waals surface area contributed by atoms with Gasteiger partial charge in [-0.1, -0.05) is 25.1 Å². The van der Waals surface area contributed by atoms with E-state index in [9.17, 15) is 23.3 Å². The minimum absolute atomic E-state index is 0.0697. The third-order valence-electron chi connectivity index (χ3n) is 4.42. The minimum atomic E-state index is -3.44. The van der Waals surface area contributed by atoms with Gasteiger partial charge in [-0.05, 0) is 37.3 Å². The van der Waals surface area contributed by atoms with Crippen molar-refractivity contribution in [3.05, 3.63) is 75.8 Å². The highest BCUT2D eigenvalue weighted by Crippen LogP contribution is 2.23. The molecular formula is C20H18N4O5S. The van der Waals surface area contributed by atoms with E-state index in [1.54, 1.807) is 37.3 Å². The lowest BCUT2D eigenvalue weighted by Gasteiger charge is -2.08. The molecule has 1 aromatic heterocycles. The fourth-order valence-electron chi connectivity index (χ4n) is 2.69. The van der Waals surface area contributed by atoms with E-state index < -0.39 is 20.7 Å². The van der Waals surface area contributed by atoms with Crippen molar-refractivity contribution in [2.45, 2.75) is 18.9 Å². The molecule has 0 aliphatic heterocycles. The van der Waals surface area contributed by atoms with Gasteiger partial charge in [0.2, 0.25) is 0 Å². The van der Waals surface area contributed by atoms with Gasteiger partial charge in [0.1, 0.15) is 0 Å². The molecule has 3 rings (SSSR count). The number of nitro groups is 1. The first-order valence-electron chi connectivity index (χ1n) is 8.94. The molecule has 10 heteroatoms. The molecule has 1 amide bonds. The molecule has 9 nitrogen and oxygen atoms in total. The Morgan fingerprint density at radius 3 is 2.50 bits per heavy atom. The lowest BCUT2D eigenvalue weighted by Crippen LogP contribution is -2.12. The molecular weight excluding hydrogens is 408 g/mol. The van der Waals surface area contributed by atoms with Crippen LogP contribution in [0.15, 0.2) is 59.6 Å². The quantitative estimate of drug-likeness (QED) is 0.472. The second-order valence-corrected chi connectivity index (χ2v) is 8.68. The van der Waals surface area contributed by atoms with Gasteiger partial charge in [0, 0.05) is 28.4 Å². The number of aromatic nitrogens is 2. The van der Waals surface area contributed by atoms with Crippen LogP contribution in [-0.4, -0.2) is 35.2 Å². The fourth-order valence-corrected chi connectivity index (χ4v) is 3.43. The van der Waals surface area contributed by atoms with Crippen LogP contribution in [0.25, 0.3) is 11.3 Å². The van der Waals surface area contributed by atoms with Crippen molar-refractivity contribution in [1.82, 2.24) is 10.2 Å². The first-order chi connectivity index (χ1) is 14.2. The van der Waals surface area contributed by atoms with E-state index in [1.807, 2.05) is 0 Å². The van der Waals surface area contributed by atoms with Crippen LogP contribution in [0.1, 0.15) is 22.8 Å². The lowest BCUT2D eigenvalue weighted by atomic mass is 10.1. The van der Waals surface area contributed by atoms with Gasteiger partial charge in [-0.2, -0.15) is 0 Å². The van der Waals surface area contributed by atoms with Gasteiger partial charge < -0.3 is 5.32 Å². The standard InChI is InChI=1S/C20H18N4O5S/c1-3-30(28,29)19-10-9-17(22-23-19)14-5-4-6-16(11-14)21-20(25)15-8-7-13(2)18(12-15)24(26)27/h4-12H,3H2,1-2H3,(H,21,25). The van der Waals surface area contributed by atoms with Crippen LogP contribution in [0.4, 0.5) is 11.4 Å². The summed E-state index contributed by atoms with van der Waals surface area (Å²) in [5, 5.41) is 21.4. The monoisotopic (exact) mass is 426 g/mol. The van der Waals surface area contributed by atoms with E-state index >= 15 is 0 Å². The summed E-state index contributed by atoms with van der Waals surface area (Å²) in [6, 6.07) is 13.9. The largest absolute Gasteiger partial charge is 0.322 e. The Labute approximate surface area is 172 Å². The maximum Gasteiger partial charge on any atom is 0.273 e. The molecule has 2 aromatic carbocycles. The van der Waals surface area contributed by atoms with E-state index in [0.29, 0.717) is 22.5 Å². The number of amides is 1. The zero-order valence-electron chi connectivity index (χ0n) is 16.2. The van der Waals surface area contributed by atoms with Crippen LogP contribution in [0.3, 0.4) is 0 Å². The minimum Gasteiger partial charge on any atom is -0.322 e. The Bertz CT molecular complexity index is 1220. The van der Waals surface area contributed by atoms with Crippen LogP contribution < -0.4 is 5.32 Å². The van der Waals surface area contributed by atoms with Crippen molar-refractivity contribution in [3.63, 3.8) is 0 Å². The average Bonchev–Trinajstić information content (AvgIpc) is 2.74. The molecule has 0 aliphatic rings. The normalized spacial score (nSPS) is 11.1. The number of nitro benzene ring substituents is 1. The highest BCUT2D eigenvalue weighted by atomic mass is 32.2. The summed E-state index contributed by atoms with van der Waals surface area (Å²) in [5.74, 6) is -0.564. The van der Waals surface area contributed by atoms with Crippen molar-refractivity contribution >= 4 is 27.1 Å². The Morgan fingerprint density at radius 1 is 1.10 bits per heavy atom. The van der Waals surface area contributed by atoms with Crippen LogP contribution in [-0.2, 0) is 9.84 Å². The molecule has 0 atom stereocenters. The van der Waals surface area contributed by atoms with Crippen LogP contribution in [0.5, 0.6) is 0 Å². The van der Waals surface area contributed by atoms with Crippen LogP contribution >= 0.6 is 0 Å². The maximum atomic E-state index is 12.5. The summed E-state index contributed by atoms with van der Waals surface area (Å²) in [5.41, 5.74) is 2.00. The van der Waals surface area contributed by atoms with E-state index in [0.717, 1.165) is 0 Å². The smallest absolute Gasteiger partial charge is 0.273 e. The number of benzene rings is 2. The predicted molar refractivity (Wildman–Crippen MR) is 111 cm³/mol. The lowest BCUT2D eigenvalue weighted by molar-refractivity contribution is -0.385. The summed E-state index contributed by atoms with van der Waals surface area (Å²) in [4.78, 5) is 23.1.